The van der Waals surface area contributed by atoms with Gasteiger partial charge in [-0.25, -0.2) is 0 Å². The van der Waals surface area contributed by atoms with Crippen molar-refractivity contribution in [3.8, 4) is 0 Å². The van der Waals surface area contributed by atoms with Gasteiger partial charge in [0, 0.05) is 29.3 Å². The standard InChI is InChI=1S/C18H23N.C14H15N.CH3F.CH3/c1-14(2)13-19(17-8-6-5-7-9-17)18-11-10-15(3)12-16(18)4;1-11-8-9-14(12(2)10-11)15-13-6-4-3-5-7-13;1-2;/h5-12,14H,13H2,1-4H3;3-10,15H,1-2H3;1H3;1H3/q;;;-1/i;;1D;. The van der Waals surface area contributed by atoms with Crippen LogP contribution in [0, 0.1) is 41.0 Å². The van der Waals surface area contributed by atoms with Gasteiger partial charge in [-0.1, -0.05) is 85.6 Å². The Morgan fingerprint density at radius 3 is 1.78 bits per heavy atom. The zero-order chi connectivity index (χ0) is 27.2. The second-order valence-electron chi connectivity index (χ2n) is 9.44. The van der Waals surface area contributed by atoms with Gasteiger partial charge in [0.1, 0.15) is 0 Å². The molecule has 1 N–H and O–H groups in total. The lowest BCUT2D eigenvalue weighted by Gasteiger charge is -2.28. The highest BCUT2D eigenvalue weighted by Crippen LogP contribution is 2.29. The molecule has 0 bridgehead atoms. The van der Waals surface area contributed by atoms with Crippen LogP contribution in [0.5, 0.6) is 0 Å². The molecular formula is C34H44FN2-. The smallest absolute Gasteiger partial charge is 0.0785 e. The summed E-state index contributed by atoms with van der Waals surface area (Å²) in [6.45, 7) is 14.1. The number of alkyl halides is 1. The zero-order valence-electron chi connectivity index (χ0n) is 24.6. The number of rotatable bonds is 6. The van der Waals surface area contributed by atoms with Crippen LogP contribution in [-0.2, 0) is 0 Å². The lowest BCUT2D eigenvalue weighted by atomic mass is 10.1. The first-order chi connectivity index (χ1) is 17.7. The van der Waals surface area contributed by atoms with Gasteiger partial charge < -0.3 is 17.6 Å². The van der Waals surface area contributed by atoms with E-state index in [4.69, 9.17) is 1.37 Å². The Labute approximate surface area is 226 Å². The van der Waals surface area contributed by atoms with Crippen molar-refractivity contribution >= 4 is 22.7 Å². The summed E-state index contributed by atoms with van der Waals surface area (Å²) in [7, 11) is -1.00. The van der Waals surface area contributed by atoms with E-state index in [-0.39, 0.29) is 7.43 Å². The van der Waals surface area contributed by atoms with E-state index in [1.54, 1.807) is 0 Å². The van der Waals surface area contributed by atoms with Crippen molar-refractivity contribution in [2.45, 2.75) is 41.5 Å². The summed E-state index contributed by atoms with van der Waals surface area (Å²) >= 11 is 0. The molecule has 0 atom stereocenters. The first-order valence-electron chi connectivity index (χ1n) is 13.1. The molecule has 0 fully saturated rings. The van der Waals surface area contributed by atoms with Crippen molar-refractivity contribution in [3.05, 3.63) is 127 Å². The highest BCUT2D eigenvalue weighted by molar-refractivity contribution is 5.67. The first kappa shape index (κ1) is 29.6. The van der Waals surface area contributed by atoms with Crippen molar-refractivity contribution in [3.63, 3.8) is 0 Å². The molecule has 0 heterocycles. The maximum Gasteiger partial charge on any atom is 0.0785 e. The molecule has 3 heteroatoms. The largest absolute Gasteiger partial charge is 0.358 e. The molecule has 0 radical (unpaired) electrons. The fourth-order valence-corrected chi connectivity index (χ4v) is 4.06. The second kappa shape index (κ2) is 16.2. The third-order valence-corrected chi connectivity index (χ3v) is 5.69. The average Bonchev–Trinajstić information content (AvgIpc) is 2.87. The summed E-state index contributed by atoms with van der Waals surface area (Å²) in [5.74, 6) is 0.626. The molecule has 198 valence electrons. The molecule has 0 amide bonds. The second-order valence-corrected chi connectivity index (χ2v) is 9.44. The average molecular weight is 501 g/mol. The van der Waals surface area contributed by atoms with E-state index >= 15 is 0 Å². The van der Waals surface area contributed by atoms with Gasteiger partial charge in [0.2, 0.25) is 0 Å². The van der Waals surface area contributed by atoms with Gasteiger partial charge in [-0.15, -0.1) is 0 Å². The van der Waals surface area contributed by atoms with Crippen molar-refractivity contribution in [2.24, 2.45) is 5.92 Å². The summed E-state index contributed by atoms with van der Waals surface area (Å²) in [6, 6.07) is 34.0. The Kier molecular flexibility index (Phi) is 13.0. The Bertz CT molecular complexity index is 1190. The summed E-state index contributed by atoms with van der Waals surface area (Å²) in [4.78, 5) is 2.42. The molecule has 4 rings (SSSR count). The molecule has 0 spiro atoms. The van der Waals surface area contributed by atoms with E-state index in [1.165, 1.54) is 39.3 Å². The van der Waals surface area contributed by atoms with Crippen molar-refractivity contribution in [1.82, 2.24) is 0 Å². The predicted octanol–water partition coefficient (Wildman–Crippen LogP) is 10.2. The quantitative estimate of drug-likeness (QED) is 0.265. The molecule has 4 aromatic rings. The van der Waals surface area contributed by atoms with Crippen LogP contribution >= 0.6 is 0 Å². The van der Waals surface area contributed by atoms with E-state index < -0.39 is 7.15 Å². The third-order valence-electron chi connectivity index (χ3n) is 5.69. The molecule has 0 aromatic heterocycles. The molecule has 0 saturated carbocycles. The van der Waals surface area contributed by atoms with Crippen LogP contribution in [0.15, 0.2) is 97.1 Å². The van der Waals surface area contributed by atoms with Gasteiger partial charge in [0.05, 0.1) is 8.52 Å². The van der Waals surface area contributed by atoms with Gasteiger partial charge in [-0.3, -0.25) is 4.39 Å². The monoisotopic (exact) mass is 500 g/mol. The van der Waals surface area contributed by atoms with Crippen LogP contribution in [0.2, 0.25) is 0 Å². The molecule has 2 nitrogen and oxygen atoms in total. The summed E-state index contributed by atoms with van der Waals surface area (Å²) in [5.41, 5.74) is 10.1. The number of nitrogens with one attached hydrogen (secondary N) is 1. The number of anilines is 4. The molecule has 0 aliphatic heterocycles. The first-order valence-corrected chi connectivity index (χ1v) is 12.4. The molecule has 0 saturated heterocycles. The summed E-state index contributed by atoms with van der Waals surface area (Å²) < 4.78 is 15.5. The summed E-state index contributed by atoms with van der Waals surface area (Å²) in [6.07, 6.45) is 0. The van der Waals surface area contributed by atoms with Crippen molar-refractivity contribution in [2.75, 3.05) is 23.9 Å². The lowest BCUT2D eigenvalue weighted by molar-refractivity contribution is 0.636. The molecule has 0 aliphatic rings. The van der Waals surface area contributed by atoms with E-state index in [0.29, 0.717) is 5.92 Å². The number of benzene rings is 4. The Morgan fingerprint density at radius 1 is 0.757 bits per heavy atom. The molecule has 4 aromatic carbocycles. The molecule has 37 heavy (non-hydrogen) atoms. The predicted molar refractivity (Wildman–Crippen MR) is 163 cm³/mol. The van der Waals surface area contributed by atoms with E-state index in [2.05, 4.69) is 131 Å². The zero-order valence-corrected chi connectivity index (χ0v) is 23.6. The number of hydrogen-bond donors (Lipinski definition) is 1. The van der Waals surface area contributed by atoms with Gasteiger partial charge in [-0.2, -0.15) is 0 Å². The van der Waals surface area contributed by atoms with Gasteiger partial charge in [0.25, 0.3) is 0 Å². The van der Waals surface area contributed by atoms with Gasteiger partial charge in [-0.05, 0) is 81.1 Å². The highest BCUT2D eigenvalue weighted by Gasteiger charge is 2.13. The maximum absolute atomic E-state index is 9.96. The molecule has 0 unspecified atom stereocenters. The normalized spacial score (nSPS) is 10.1. The van der Waals surface area contributed by atoms with E-state index in [9.17, 15) is 4.39 Å². The SMILES string of the molecule is Cc1ccc(N(CC(C)C)c2ccccc2)c(C)c1.Cc1ccc(Nc2ccccc2)c(C)c1.[2H]CF.[CH3-]. The van der Waals surface area contributed by atoms with E-state index in [1.807, 2.05) is 18.2 Å². The number of halogens is 1. The topological polar surface area (TPSA) is 15.3 Å². The third kappa shape index (κ3) is 10.1. The van der Waals surface area contributed by atoms with Gasteiger partial charge >= 0.3 is 0 Å². The van der Waals surface area contributed by atoms with Crippen LogP contribution in [-0.4, -0.2) is 13.7 Å². The number of para-hydroxylation sites is 2. The fraction of sp³-hybridized carbons (Fsp3) is 0.265. The van der Waals surface area contributed by atoms with Crippen LogP contribution in [0.25, 0.3) is 0 Å². The molecule has 0 aliphatic carbocycles. The van der Waals surface area contributed by atoms with Crippen LogP contribution < -0.4 is 10.2 Å². The summed E-state index contributed by atoms with van der Waals surface area (Å²) in [5, 5.41) is 3.40. The Morgan fingerprint density at radius 2 is 1.27 bits per heavy atom. The highest BCUT2D eigenvalue weighted by atomic mass is 19.1. The van der Waals surface area contributed by atoms with Gasteiger partial charge in [0.15, 0.2) is 0 Å². The maximum atomic E-state index is 9.96. The minimum Gasteiger partial charge on any atom is -0.358 e. The van der Waals surface area contributed by atoms with E-state index in [0.717, 1.165) is 12.2 Å². The number of aryl methyl sites for hydroxylation is 4. The van der Waals surface area contributed by atoms with Crippen molar-refractivity contribution in [1.29, 1.82) is 0 Å². The number of hydrogen-bond acceptors (Lipinski definition) is 2. The lowest BCUT2D eigenvalue weighted by Crippen LogP contribution is -2.23. The van der Waals surface area contributed by atoms with Crippen LogP contribution in [0.1, 0.15) is 37.5 Å². The fourth-order valence-electron chi connectivity index (χ4n) is 4.06. The minimum absolute atomic E-state index is 0. The van der Waals surface area contributed by atoms with Crippen LogP contribution in [0.3, 0.4) is 0 Å². The molecular weight excluding hydrogens is 455 g/mol. The Hall–Kier alpha value is -3.59. The Balaban J connectivity index is 0.000000343. The van der Waals surface area contributed by atoms with Crippen molar-refractivity contribution < 1.29 is 5.76 Å². The minimum atomic E-state index is -1.00. The number of nitrogens with zero attached hydrogens (tertiary/aromatic N) is 1. The van der Waals surface area contributed by atoms with Crippen LogP contribution in [0.4, 0.5) is 27.1 Å².